The van der Waals surface area contributed by atoms with E-state index in [4.69, 9.17) is 39.5 Å². The van der Waals surface area contributed by atoms with Gasteiger partial charge in [0.25, 0.3) is 5.91 Å². The number of ether oxygens (including phenoxy) is 1. The summed E-state index contributed by atoms with van der Waals surface area (Å²) in [5, 5.41) is 17.3. The number of imidazole rings is 1. The van der Waals surface area contributed by atoms with Gasteiger partial charge in [-0.15, -0.1) is 0 Å². The molecule has 5 aromatic rings. The number of halogens is 3. The molecule has 0 aliphatic rings. The number of aromatic carboxylic acids is 1. The molecule has 5 rings (SSSR count). The van der Waals surface area contributed by atoms with E-state index < -0.39 is 17.8 Å². The molecule has 13 heteroatoms. The van der Waals surface area contributed by atoms with Crippen molar-refractivity contribution in [1.82, 2.24) is 30.0 Å². The summed E-state index contributed by atoms with van der Waals surface area (Å²) in [6.07, 6.45) is 1.52. The first kappa shape index (κ1) is 27.4. The standard InChI is InChI=1S/C27H21Cl3N6O4/c1-13-32-12-36(35-13)16-7-19(29)24(20(30)8-16)26(37)31-11-17(14-4-3-5-15(6-14)27(38)39)25-33-21-9-18(28)23(40-2)10-22(21)34-25/h3-10,12,17H,11H2,1-2H3,(H,31,37)(H,33,34)(H,38,39)/t17-/m0/s1. The molecule has 0 unspecified atom stereocenters. The minimum atomic E-state index is -1.08. The van der Waals surface area contributed by atoms with Crippen molar-refractivity contribution in [3.05, 3.63) is 98.3 Å². The van der Waals surface area contributed by atoms with Gasteiger partial charge in [0.15, 0.2) is 0 Å². The molecule has 0 fully saturated rings. The molecule has 0 bridgehead atoms. The van der Waals surface area contributed by atoms with Crippen LogP contribution in [0.2, 0.25) is 15.1 Å². The first-order valence-electron chi connectivity index (χ1n) is 11.9. The maximum atomic E-state index is 13.3. The van der Waals surface area contributed by atoms with Crippen molar-refractivity contribution in [3.8, 4) is 11.4 Å². The van der Waals surface area contributed by atoms with Gasteiger partial charge in [-0.2, -0.15) is 5.10 Å². The van der Waals surface area contributed by atoms with Crippen LogP contribution in [0.3, 0.4) is 0 Å². The number of H-pyrrole nitrogens is 1. The van der Waals surface area contributed by atoms with Crippen LogP contribution >= 0.6 is 34.8 Å². The molecular weight excluding hydrogens is 579 g/mol. The van der Waals surface area contributed by atoms with Crippen LogP contribution in [0.15, 0.2) is 54.9 Å². The van der Waals surface area contributed by atoms with E-state index in [1.165, 1.54) is 30.3 Å². The summed E-state index contributed by atoms with van der Waals surface area (Å²) in [6, 6.07) is 12.9. The van der Waals surface area contributed by atoms with Crippen molar-refractivity contribution in [2.24, 2.45) is 0 Å². The fraction of sp³-hybridized carbons (Fsp3) is 0.148. The van der Waals surface area contributed by atoms with Crippen molar-refractivity contribution < 1.29 is 19.4 Å². The predicted octanol–water partition coefficient (Wildman–Crippen LogP) is 5.68. The average molecular weight is 600 g/mol. The third-order valence-electron chi connectivity index (χ3n) is 6.23. The van der Waals surface area contributed by atoms with Gasteiger partial charge in [0.05, 0.1) is 55.9 Å². The molecule has 0 radical (unpaired) electrons. The molecule has 40 heavy (non-hydrogen) atoms. The summed E-state index contributed by atoms with van der Waals surface area (Å²) in [4.78, 5) is 37.0. The van der Waals surface area contributed by atoms with E-state index >= 15 is 0 Å². The number of amides is 1. The Morgan fingerprint density at radius 2 is 1.85 bits per heavy atom. The first-order chi connectivity index (χ1) is 19.1. The van der Waals surface area contributed by atoms with E-state index in [9.17, 15) is 14.7 Å². The second kappa shape index (κ2) is 11.2. The minimum Gasteiger partial charge on any atom is -0.495 e. The fourth-order valence-corrected chi connectivity index (χ4v) is 5.16. The lowest BCUT2D eigenvalue weighted by Gasteiger charge is -2.18. The molecular formula is C27H21Cl3N6O4. The SMILES string of the molecule is COc1cc2nc([C@@H](CNC(=O)c3c(Cl)cc(-n4cnc(C)n4)cc3Cl)c3cccc(C(=O)O)c3)[nH]c2cc1Cl. The lowest BCUT2D eigenvalue weighted by atomic mass is 9.96. The number of rotatable bonds is 8. The van der Waals surface area contributed by atoms with Gasteiger partial charge in [-0.1, -0.05) is 46.9 Å². The zero-order chi connectivity index (χ0) is 28.6. The highest BCUT2D eigenvalue weighted by molar-refractivity contribution is 6.40. The second-order valence-corrected chi connectivity index (χ2v) is 10.1. The van der Waals surface area contributed by atoms with Crippen molar-refractivity contribution in [3.63, 3.8) is 0 Å². The van der Waals surface area contributed by atoms with Crippen molar-refractivity contribution in [2.45, 2.75) is 12.8 Å². The number of hydrogen-bond donors (Lipinski definition) is 3. The van der Waals surface area contributed by atoms with Gasteiger partial charge in [-0.3, -0.25) is 4.79 Å². The average Bonchev–Trinajstić information content (AvgIpc) is 3.53. The van der Waals surface area contributed by atoms with Gasteiger partial charge in [-0.05, 0) is 42.8 Å². The zero-order valence-corrected chi connectivity index (χ0v) is 23.3. The Labute approximate surface area is 242 Å². The smallest absolute Gasteiger partial charge is 0.335 e. The van der Waals surface area contributed by atoms with Crippen molar-refractivity contribution in [2.75, 3.05) is 13.7 Å². The van der Waals surface area contributed by atoms with Crippen LogP contribution < -0.4 is 10.1 Å². The summed E-state index contributed by atoms with van der Waals surface area (Å²) >= 11 is 19.2. The molecule has 1 atom stereocenters. The third-order valence-corrected chi connectivity index (χ3v) is 7.12. The minimum absolute atomic E-state index is 0.0449. The Kier molecular flexibility index (Phi) is 7.66. The molecule has 3 aromatic carbocycles. The number of methoxy groups -OCH3 is 1. The van der Waals surface area contributed by atoms with Gasteiger partial charge in [0.2, 0.25) is 0 Å². The lowest BCUT2D eigenvalue weighted by molar-refractivity contribution is 0.0696. The molecule has 2 heterocycles. The maximum absolute atomic E-state index is 13.3. The molecule has 2 aromatic heterocycles. The number of aryl methyl sites for hydroxylation is 1. The summed E-state index contributed by atoms with van der Waals surface area (Å²) in [6.45, 7) is 1.79. The number of carbonyl (C=O) groups excluding carboxylic acids is 1. The number of carbonyl (C=O) groups is 2. The van der Waals surface area contributed by atoms with Crippen LogP contribution in [0.1, 0.15) is 43.8 Å². The topological polar surface area (TPSA) is 135 Å². The Hall–Kier alpha value is -4.12. The first-order valence-corrected chi connectivity index (χ1v) is 13.0. The molecule has 0 saturated carbocycles. The van der Waals surface area contributed by atoms with Crippen molar-refractivity contribution in [1.29, 1.82) is 0 Å². The molecule has 10 nitrogen and oxygen atoms in total. The largest absolute Gasteiger partial charge is 0.495 e. The summed E-state index contributed by atoms with van der Waals surface area (Å²) < 4.78 is 6.80. The number of hydrogen-bond acceptors (Lipinski definition) is 6. The number of carboxylic acids is 1. The molecule has 0 aliphatic heterocycles. The van der Waals surface area contributed by atoms with Crippen LogP contribution in [-0.4, -0.2) is 55.4 Å². The number of nitrogens with zero attached hydrogens (tertiary/aromatic N) is 4. The van der Waals surface area contributed by atoms with Gasteiger partial charge in [-0.25, -0.2) is 19.4 Å². The van der Waals surface area contributed by atoms with E-state index in [0.29, 0.717) is 44.7 Å². The van der Waals surface area contributed by atoms with E-state index in [0.717, 1.165) is 0 Å². The molecule has 0 saturated heterocycles. The van der Waals surface area contributed by atoms with Crippen LogP contribution in [0, 0.1) is 6.92 Å². The van der Waals surface area contributed by atoms with Crippen molar-refractivity contribution >= 4 is 57.7 Å². The Bertz CT molecular complexity index is 1740. The summed E-state index contributed by atoms with van der Waals surface area (Å²) in [7, 11) is 1.51. The number of aromatic amines is 1. The Morgan fingerprint density at radius 1 is 1.10 bits per heavy atom. The number of nitrogens with one attached hydrogen (secondary N) is 2. The zero-order valence-electron chi connectivity index (χ0n) is 21.1. The number of carboxylic acid groups (broad SMARTS) is 1. The monoisotopic (exact) mass is 598 g/mol. The third kappa shape index (κ3) is 5.46. The van der Waals surface area contributed by atoms with Gasteiger partial charge >= 0.3 is 5.97 Å². The van der Waals surface area contributed by atoms with Gasteiger partial charge in [0, 0.05) is 12.6 Å². The van der Waals surface area contributed by atoms with E-state index in [2.05, 4.69) is 25.4 Å². The van der Waals surface area contributed by atoms with Crippen LogP contribution in [0.5, 0.6) is 5.75 Å². The Balaban J connectivity index is 1.48. The maximum Gasteiger partial charge on any atom is 0.335 e. The van der Waals surface area contributed by atoms with Gasteiger partial charge < -0.3 is 20.1 Å². The summed E-state index contributed by atoms with van der Waals surface area (Å²) in [5.41, 5.74) is 2.59. The molecule has 1 amide bonds. The second-order valence-electron chi connectivity index (χ2n) is 8.84. The predicted molar refractivity (Wildman–Crippen MR) is 151 cm³/mol. The highest BCUT2D eigenvalue weighted by atomic mass is 35.5. The lowest BCUT2D eigenvalue weighted by Crippen LogP contribution is -2.30. The Morgan fingerprint density at radius 3 is 2.50 bits per heavy atom. The van der Waals surface area contributed by atoms with Crippen LogP contribution in [-0.2, 0) is 0 Å². The number of benzene rings is 3. The van der Waals surface area contributed by atoms with Gasteiger partial charge in [0.1, 0.15) is 23.7 Å². The van der Waals surface area contributed by atoms with E-state index in [-0.39, 0.29) is 27.7 Å². The molecule has 204 valence electrons. The highest BCUT2D eigenvalue weighted by Crippen LogP contribution is 2.32. The van der Waals surface area contributed by atoms with E-state index in [1.807, 2.05) is 0 Å². The summed E-state index contributed by atoms with van der Waals surface area (Å²) in [5.74, 6) is -0.646. The van der Waals surface area contributed by atoms with Crippen LogP contribution in [0.4, 0.5) is 0 Å². The molecule has 0 aliphatic carbocycles. The normalized spacial score (nSPS) is 11.9. The highest BCUT2D eigenvalue weighted by Gasteiger charge is 2.24. The number of fused-ring (bicyclic) bond motifs is 1. The molecule has 0 spiro atoms. The molecule has 3 N–H and O–H groups in total. The van der Waals surface area contributed by atoms with E-state index in [1.54, 1.807) is 43.3 Å². The quantitative estimate of drug-likeness (QED) is 0.209. The van der Waals surface area contributed by atoms with Crippen LogP contribution in [0.25, 0.3) is 16.7 Å². The fourth-order valence-electron chi connectivity index (χ4n) is 4.28. The number of aromatic nitrogens is 5.